The van der Waals surface area contributed by atoms with Gasteiger partial charge in [0, 0.05) is 6.54 Å². The van der Waals surface area contributed by atoms with Crippen molar-refractivity contribution in [1.82, 2.24) is 4.90 Å². The molecule has 1 aliphatic carbocycles. The Hall–Kier alpha value is -0.0800. The molecule has 0 radical (unpaired) electrons. The van der Waals surface area contributed by atoms with Crippen LogP contribution < -0.4 is 0 Å². The third-order valence-electron chi connectivity index (χ3n) is 4.55. The summed E-state index contributed by atoms with van der Waals surface area (Å²) in [7, 11) is 0. The van der Waals surface area contributed by atoms with Crippen LogP contribution in [0.25, 0.3) is 0 Å². The van der Waals surface area contributed by atoms with Crippen LogP contribution in [0, 0.1) is 11.8 Å². The second-order valence-electron chi connectivity index (χ2n) is 5.88. The van der Waals surface area contributed by atoms with Crippen LogP contribution in [0.2, 0.25) is 0 Å². The smallest absolute Gasteiger partial charge is 0.0552 e. The van der Waals surface area contributed by atoms with E-state index in [0.29, 0.717) is 5.92 Å². The highest BCUT2D eigenvalue weighted by Gasteiger charge is 2.25. The lowest BCUT2D eigenvalue weighted by Gasteiger charge is -2.18. The molecule has 1 aliphatic heterocycles. The maximum Gasteiger partial charge on any atom is 0.0552 e. The first-order valence-corrected chi connectivity index (χ1v) is 7.16. The molecule has 2 rings (SSSR count). The average Bonchev–Trinajstić information content (AvgIpc) is 2.87. The molecule has 94 valence electrons. The van der Waals surface area contributed by atoms with E-state index in [4.69, 9.17) is 0 Å². The van der Waals surface area contributed by atoms with Gasteiger partial charge in [-0.15, -0.1) is 0 Å². The summed E-state index contributed by atoms with van der Waals surface area (Å²) in [5, 5.41) is 9.54. The Balaban J connectivity index is 1.57. The molecule has 2 aliphatic rings. The minimum Gasteiger partial charge on any atom is -0.393 e. The molecule has 1 saturated heterocycles. The molecule has 2 fully saturated rings. The Morgan fingerprint density at radius 3 is 2.62 bits per heavy atom. The van der Waals surface area contributed by atoms with Gasteiger partial charge in [-0.1, -0.05) is 25.7 Å². The quantitative estimate of drug-likeness (QED) is 0.777. The highest BCUT2D eigenvalue weighted by Crippen LogP contribution is 2.29. The maximum atomic E-state index is 9.54. The summed E-state index contributed by atoms with van der Waals surface area (Å²) in [6.45, 7) is 5.54. The van der Waals surface area contributed by atoms with Crippen LogP contribution >= 0.6 is 0 Å². The summed E-state index contributed by atoms with van der Waals surface area (Å²) in [5.41, 5.74) is 0. The van der Waals surface area contributed by atoms with Crippen molar-refractivity contribution in [2.45, 2.75) is 58.0 Å². The monoisotopic (exact) mass is 225 g/mol. The Kier molecular flexibility index (Phi) is 4.66. The number of likely N-dealkylation sites (tertiary alicyclic amines) is 1. The molecule has 0 bridgehead atoms. The fourth-order valence-corrected chi connectivity index (χ4v) is 3.36. The second-order valence-corrected chi connectivity index (χ2v) is 5.88. The van der Waals surface area contributed by atoms with Crippen molar-refractivity contribution < 1.29 is 5.11 Å². The van der Waals surface area contributed by atoms with Crippen LogP contribution in [0.3, 0.4) is 0 Å². The standard InChI is InChI=1S/C14H27NO/c1-12(16)14-8-10-15(11-14)9-4-7-13-5-2-3-6-13/h12-14,16H,2-11H2,1H3. The van der Waals surface area contributed by atoms with E-state index in [-0.39, 0.29) is 6.10 Å². The van der Waals surface area contributed by atoms with Gasteiger partial charge in [-0.25, -0.2) is 0 Å². The van der Waals surface area contributed by atoms with Crippen LogP contribution in [-0.2, 0) is 0 Å². The largest absolute Gasteiger partial charge is 0.393 e. The normalized spacial score (nSPS) is 30.0. The van der Waals surface area contributed by atoms with Crippen molar-refractivity contribution in [3.8, 4) is 0 Å². The summed E-state index contributed by atoms with van der Waals surface area (Å²) in [6.07, 6.45) is 9.80. The number of hydrogen-bond donors (Lipinski definition) is 1. The van der Waals surface area contributed by atoms with Crippen LogP contribution in [0.1, 0.15) is 51.9 Å². The maximum absolute atomic E-state index is 9.54. The molecule has 2 heteroatoms. The lowest BCUT2D eigenvalue weighted by atomic mass is 10.0. The van der Waals surface area contributed by atoms with Crippen LogP contribution in [0.15, 0.2) is 0 Å². The molecule has 2 nitrogen and oxygen atoms in total. The lowest BCUT2D eigenvalue weighted by Crippen LogP contribution is -2.25. The molecule has 0 amide bonds. The van der Waals surface area contributed by atoms with Crippen molar-refractivity contribution in [2.75, 3.05) is 19.6 Å². The Morgan fingerprint density at radius 2 is 2.00 bits per heavy atom. The van der Waals surface area contributed by atoms with E-state index < -0.39 is 0 Å². The van der Waals surface area contributed by atoms with Crippen molar-refractivity contribution >= 4 is 0 Å². The topological polar surface area (TPSA) is 23.5 Å². The zero-order chi connectivity index (χ0) is 11.4. The minimum atomic E-state index is -0.111. The summed E-state index contributed by atoms with van der Waals surface area (Å²) in [5.74, 6) is 1.57. The fourth-order valence-electron chi connectivity index (χ4n) is 3.36. The number of nitrogens with zero attached hydrogens (tertiary/aromatic N) is 1. The SMILES string of the molecule is CC(O)C1CCN(CCCC2CCCC2)C1. The van der Waals surface area contributed by atoms with Gasteiger partial charge >= 0.3 is 0 Å². The molecule has 0 aromatic rings. The molecular formula is C14H27NO. The lowest BCUT2D eigenvalue weighted by molar-refractivity contribution is 0.127. The molecule has 1 saturated carbocycles. The minimum absolute atomic E-state index is 0.111. The third-order valence-corrected chi connectivity index (χ3v) is 4.55. The summed E-state index contributed by atoms with van der Waals surface area (Å²) in [4.78, 5) is 2.55. The van der Waals surface area contributed by atoms with E-state index in [2.05, 4.69) is 4.90 Å². The molecule has 2 unspecified atom stereocenters. The molecule has 0 spiro atoms. The average molecular weight is 225 g/mol. The molecule has 1 heterocycles. The molecule has 0 aromatic carbocycles. The zero-order valence-corrected chi connectivity index (χ0v) is 10.7. The molecule has 16 heavy (non-hydrogen) atoms. The molecule has 1 N–H and O–H groups in total. The summed E-state index contributed by atoms with van der Waals surface area (Å²) in [6, 6.07) is 0. The van der Waals surface area contributed by atoms with E-state index in [1.54, 1.807) is 0 Å². The van der Waals surface area contributed by atoms with Gasteiger partial charge in [0.25, 0.3) is 0 Å². The molecular weight excluding hydrogens is 198 g/mol. The van der Waals surface area contributed by atoms with Crippen LogP contribution in [0.4, 0.5) is 0 Å². The van der Waals surface area contributed by atoms with Crippen LogP contribution in [0.5, 0.6) is 0 Å². The first-order valence-electron chi connectivity index (χ1n) is 7.16. The van der Waals surface area contributed by atoms with Gasteiger partial charge in [-0.05, 0) is 51.1 Å². The van der Waals surface area contributed by atoms with Gasteiger partial charge in [-0.3, -0.25) is 0 Å². The molecule has 0 aromatic heterocycles. The number of aliphatic hydroxyl groups is 1. The van der Waals surface area contributed by atoms with E-state index >= 15 is 0 Å². The van der Waals surface area contributed by atoms with Crippen molar-refractivity contribution in [3.05, 3.63) is 0 Å². The van der Waals surface area contributed by atoms with E-state index in [9.17, 15) is 5.11 Å². The second kappa shape index (κ2) is 6.02. The summed E-state index contributed by atoms with van der Waals surface area (Å²) >= 11 is 0. The highest BCUT2D eigenvalue weighted by atomic mass is 16.3. The third kappa shape index (κ3) is 3.46. The van der Waals surface area contributed by atoms with E-state index in [1.807, 2.05) is 6.92 Å². The Bertz CT molecular complexity index is 199. The van der Waals surface area contributed by atoms with Gasteiger partial charge in [-0.2, -0.15) is 0 Å². The fraction of sp³-hybridized carbons (Fsp3) is 1.00. The van der Waals surface area contributed by atoms with Crippen molar-refractivity contribution in [2.24, 2.45) is 11.8 Å². The highest BCUT2D eigenvalue weighted by molar-refractivity contribution is 4.79. The molecule has 2 atom stereocenters. The van der Waals surface area contributed by atoms with Crippen molar-refractivity contribution in [1.29, 1.82) is 0 Å². The van der Waals surface area contributed by atoms with E-state index in [0.717, 1.165) is 12.5 Å². The first kappa shape index (κ1) is 12.4. The van der Waals surface area contributed by atoms with Gasteiger partial charge in [0.1, 0.15) is 0 Å². The van der Waals surface area contributed by atoms with Gasteiger partial charge < -0.3 is 10.0 Å². The van der Waals surface area contributed by atoms with Crippen LogP contribution in [-0.4, -0.2) is 35.7 Å². The van der Waals surface area contributed by atoms with Gasteiger partial charge in [0.05, 0.1) is 6.10 Å². The number of aliphatic hydroxyl groups excluding tert-OH is 1. The predicted octanol–water partition coefficient (Wildman–Crippen LogP) is 2.66. The summed E-state index contributed by atoms with van der Waals surface area (Å²) < 4.78 is 0. The predicted molar refractivity (Wildman–Crippen MR) is 67.4 cm³/mol. The number of rotatable bonds is 5. The zero-order valence-electron chi connectivity index (χ0n) is 10.7. The number of hydrogen-bond acceptors (Lipinski definition) is 2. The van der Waals surface area contributed by atoms with E-state index in [1.165, 1.54) is 58.0 Å². The van der Waals surface area contributed by atoms with Gasteiger partial charge in [0.15, 0.2) is 0 Å². The van der Waals surface area contributed by atoms with Crippen molar-refractivity contribution in [3.63, 3.8) is 0 Å². The Morgan fingerprint density at radius 1 is 1.25 bits per heavy atom. The Labute approximate surface area is 100 Å². The first-order chi connectivity index (χ1) is 7.75. The van der Waals surface area contributed by atoms with Gasteiger partial charge in [0.2, 0.25) is 0 Å².